The van der Waals surface area contributed by atoms with E-state index in [0.29, 0.717) is 17.8 Å². The van der Waals surface area contributed by atoms with E-state index in [9.17, 15) is 14.4 Å². The lowest BCUT2D eigenvalue weighted by Crippen LogP contribution is -2.39. The third-order valence-electron chi connectivity index (χ3n) is 3.83. The first-order valence-electron chi connectivity index (χ1n) is 8.10. The van der Waals surface area contributed by atoms with Crippen molar-refractivity contribution in [3.8, 4) is 0 Å². The predicted octanol–water partition coefficient (Wildman–Crippen LogP) is 1.34. The van der Waals surface area contributed by atoms with Crippen molar-refractivity contribution in [2.45, 2.75) is 26.3 Å². The second-order valence-electron chi connectivity index (χ2n) is 5.70. The van der Waals surface area contributed by atoms with Crippen molar-refractivity contribution in [2.75, 3.05) is 25.0 Å². The van der Waals surface area contributed by atoms with Gasteiger partial charge in [-0.25, -0.2) is 4.79 Å². The van der Waals surface area contributed by atoms with Gasteiger partial charge in [-0.05, 0) is 51.1 Å². The number of esters is 1. The molecule has 1 aromatic carbocycles. The highest BCUT2D eigenvalue weighted by Gasteiger charge is 2.22. The molecule has 1 aliphatic rings. The molecule has 2 amide bonds. The van der Waals surface area contributed by atoms with E-state index in [1.165, 1.54) is 0 Å². The number of benzene rings is 1. The zero-order valence-electron chi connectivity index (χ0n) is 14.3. The molecule has 7 nitrogen and oxygen atoms in total. The van der Waals surface area contributed by atoms with E-state index >= 15 is 0 Å². The maximum atomic E-state index is 12.1. The largest absolute Gasteiger partial charge is 0.464 e. The van der Waals surface area contributed by atoms with Gasteiger partial charge in [0, 0.05) is 17.8 Å². The molecule has 2 unspecified atom stereocenters. The van der Waals surface area contributed by atoms with Gasteiger partial charge in [0.15, 0.2) is 0 Å². The first-order valence-corrected chi connectivity index (χ1v) is 8.10. The van der Waals surface area contributed by atoms with Crippen molar-refractivity contribution >= 4 is 35.9 Å². The Balaban J connectivity index is 0.00000312. The van der Waals surface area contributed by atoms with Crippen LogP contribution in [0.25, 0.3) is 0 Å². The fraction of sp³-hybridized carbons (Fsp3) is 0.471. The number of carbonyl (C=O) groups excluding carboxylic acids is 3. The highest BCUT2D eigenvalue weighted by molar-refractivity contribution is 5.98. The Morgan fingerprint density at radius 2 is 1.96 bits per heavy atom. The van der Waals surface area contributed by atoms with Crippen LogP contribution < -0.4 is 16.0 Å². The van der Waals surface area contributed by atoms with Gasteiger partial charge in [0.1, 0.15) is 6.04 Å². The van der Waals surface area contributed by atoms with Gasteiger partial charge in [-0.15, -0.1) is 12.4 Å². The molecule has 0 aliphatic carbocycles. The quantitative estimate of drug-likeness (QED) is 0.657. The maximum Gasteiger partial charge on any atom is 0.328 e. The van der Waals surface area contributed by atoms with Crippen LogP contribution in [0, 0.1) is 5.92 Å². The number of nitrogens with one attached hydrogen (secondary N) is 3. The van der Waals surface area contributed by atoms with Gasteiger partial charge >= 0.3 is 5.97 Å². The molecule has 25 heavy (non-hydrogen) atoms. The third kappa shape index (κ3) is 6.03. The van der Waals surface area contributed by atoms with Crippen molar-refractivity contribution in [1.82, 2.24) is 10.6 Å². The van der Waals surface area contributed by atoms with Gasteiger partial charge in [0.05, 0.1) is 12.5 Å². The molecule has 138 valence electrons. The van der Waals surface area contributed by atoms with Gasteiger partial charge in [0.25, 0.3) is 5.91 Å². The molecule has 2 atom stereocenters. The summed E-state index contributed by atoms with van der Waals surface area (Å²) >= 11 is 0. The van der Waals surface area contributed by atoms with Crippen LogP contribution in [0.3, 0.4) is 0 Å². The zero-order valence-corrected chi connectivity index (χ0v) is 15.2. The van der Waals surface area contributed by atoms with E-state index in [2.05, 4.69) is 16.0 Å². The van der Waals surface area contributed by atoms with E-state index in [-0.39, 0.29) is 36.7 Å². The average molecular weight is 370 g/mol. The minimum absolute atomic E-state index is 0. The van der Waals surface area contributed by atoms with Crippen LogP contribution in [0.4, 0.5) is 5.69 Å². The average Bonchev–Trinajstić information content (AvgIpc) is 3.10. The van der Waals surface area contributed by atoms with Crippen LogP contribution in [0.1, 0.15) is 30.6 Å². The Morgan fingerprint density at radius 3 is 2.52 bits per heavy atom. The number of anilines is 1. The van der Waals surface area contributed by atoms with Gasteiger partial charge in [-0.2, -0.15) is 0 Å². The molecule has 2 rings (SSSR count). The first kappa shape index (κ1) is 20.9. The smallest absolute Gasteiger partial charge is 0.328 e. The normalized spacial score (nSPS) is 17.1. The van der Waals surface area contributed by atoms with Crippen LogP contribution >= 0.6 is 12.4 Å². The monoisotopic (exact) mass is 369 g/mol. The Kier molecular flexibility index (Phi) is 8.37. The van der Waals surface area contributed by atoms with Gasteiger partial charge < -0.3 is 20.7 Å². The molecule has 1 saturated heterocycles. The van der Waals surface area contributed by atoms with Crippen molar-refractivity contribution in [3.63, 3.8) is 0 Å². The van der Waals surface area contributed by atoms with E-state index in [1.807, 2.05) is 0 Å². The molecule has 0 spiro atoms. The standard InChI is InChI=1S/C17H23N3O4.ClH/c1-3-24-17(23)11(2)19-15(21)12-4-6-14(7-5-12)20-16(22)13-8-9-18-10-13;/h4-7,11,13,18H,3,8-10H2,1-2H3,(H,19,21)(H,20,22);1H. The van der Waals surface area contributed by atoms with Gasteiger partial charge in [-0.3, -0.25) is 9.59 Å². The fourth-order valence-electron chi connectivity index (χ4n) is 2.43. The number of amides is 2. The second kappa shape index (κ2) is 10.0. The first-order chi connectivity index (χ1) is 11.5. The lowest BCUT2D eigenvalue weighted by Gasteiger charge is -2.13. The van der Waals surface area contributed by atoms with Crippen molar-refractivity contribution in [3.05, 3.63) is 29.8 Å². The predicted molar refractivity (Wildman–Crippen MR) is 96.9 cm³/mol. The summed E-state index contributed by atoms with van der Waals surface area (Å²) in [5, 5.41) is 8.57. The second-order valence-corrected chi connectivity index (χ2v) is 5.70. The highest BCUT2D eigenvalue weighted by Crippen LogP contribution is 2.14. The molecule has 1 aromatic rings. The van der Waals surface area contributed by atoms with Gasteiger partial charge in [-0.1, -0.05) is 0 Å². The summed E-state index contributed by atoms with van der Waals surface area (Å²) < 4.78 is 4.85. The molecular formula is C17H24ClN3O4. The number of hydrogen-bond donors (Lipinski definition) is 3. The topological polar surface area (TPSA) is 96.5 Å². The summed E-state index contributed by atoms with van der Waals surface area (Å²) in [7, 11) is 0. The number of halogens is 1. The van der Waals surface area contributed by atoms with E-state index in [1.54, 1.807) is 38.1 Å². The highest BCUT2D eigenvalue weighted by atomic mass is 35.5. The Morgan fingerprint density at radius 1 is 1.28 bits per heavy atom. The summed E-state index contributed by atoms with van der Waals surface area (Å²) in [6, 6.07) is 5.84. The number of carbonyl (C=O) groups is 3. The summed E-state index contributed by atoms with van der Waals surface area (Å²) in [5.41, 5.74) is 1.05. The number of rotatable bonds is 6. The van der Waals surface area contributed by atoms with Crippen LogP contribution in [0.2, 0.25) is 0 Å². The number of ether oxygens (including phenoxy) is 1. The number of hydrogen-bond acceptors (Lipinski definition) is 5. The SMILES string of the molecule is CCOC(=O)C(C)NC(=O)c1ccc(NC(=O)C2CCNC2)cc1.Cl. The minimum atomic E-state index is -0.716. The van der Waals surface area contributed by atoms with Crippen LogP contribution in [0.15, 0.2) is 24.3 Å². The maximum absolute atomic E-state index is 12.1. The summed E-state index contributed by atoms with van der Waals surface area (Å²) in [6.07, 6.45) is 0.831. The van der Waals surface area contributed by atoms with E-state index in [0.717, 1.165) is 13.0 Å². The molecule has 3 N–H and O–H groups in total. The Bertz CT molecular complexity index is 600. The molecule has 1 heterocycles. The van der Waals surface area contributed by atoms with E-state index in [4.69, 9.17) is 4.74 Å². The molecule has 0 radical (unpaired) electrons. The molecule has 0 saturated carbocycles. The molecule has 0 aromatic heterocycles. The van der Waals surface area contributed by atoms with Crippen molar-refractivity contribution in [1.29, 1.82) is 0 Å². The van der Waals surface area contributed by atoms with Crippen LogP contribution in [-0.2, 0) is 14.3 Å². The van der Waals surface area contributed by atoms with Crippen molar-refractivity contribution < 1.29 is 19.1 Å². The molecule has 1 fully saturated rings. The third-order valence-corrected chi connectivity index (χ3v) is 3.83. The van der Waals surface area contributed by atoms with E-state index < -0.39 is 12.0 Å². The van der Waals surface area contributed by atoms with Crippen LogP contribution in [-0.4, -0.2) is 43.5 Å². The van der Waals surface area contributed by atoms with Gasteiger partial charge in [0.2, 0.25) is 5.91 Å². The minimum Gasteiger partial charge on any atom is -0.464 e. The Labute approximate surface area is 153 Å². The summed E-state index contributed by atoms with van der Waals surface area (Å²) in [4.78, 5) is 35.6. The molecule has 0 bridgehead atoms. The lowest BCUT2D eigenvalue weighted by molar-refractivity contribution is -0.144. The fourth-order valence-corrected chi connectivity index (χ4v) is 2.43. The molecule has 1 aliphatic heterocycles. The summed E-state index contributed by atoms with van der Waals surface area (Å²) in [6.45, 7) is 5.10. The lowest BCUT2D eigenvalue weighted by atomic mass is 10.1. The molecule has 8 heteroatoms. The summed E-state index contributed by atoms with van der Waals surface area (Å²) in [5.74, 6) is -0.875. The molecular weight excluding hydrogens is 346 g/mol. The Hall–Kier alpha value is -2.12. The van der Waals surface area contributed by atoms with Crippen LogP contribution in [0.5, 0.6) is 0 Å². The van der Waals surface area contributed by atoms with Crippen molar-refractivity contribution in [2.24, 2.45) is 5.92 Å². The zero-order chi connectivity index (χ0) is 17.5.